The molecule has 13 nitrogen and oxygen atoms in total. The van der Waals surface area contributed by atoms with Crippen molar-refractivity contribution in [2.75, 3.05) is 6.61 Å². The number of rotatable bonds is 8. The number of aromatic nitrogens is 5. The number of halogens is 4. The molecule has 0 radical (unpaired) electrons. The zero-order valence-electron chi connectivity index (χ0n) is 21.8. The summed E-state index contributed by atoms with van der Waals surface area (Å²) in [5.74, 6) is -2.16. The Bertz CT molecular complexity index is 1530. The van der Waals surface area contributed by atoms with Gasteiger partial charge in [0.25, 0.3) is 0 Å². The lowest BCUT2D eigenvalue weighted by Gasteiger charge is -2.44. The highest BCUT2D eigenvalue weighted by molar-refractivity contribution is 9.10. The van der Waals surface area contributed by atoms with Crippen molar-refractivity contribution in [2.24, 2.45) is 0 Å². The molecule has 1 aliphatic rings. The second-order valence-electron chi connectivity index (χ2n) is 8.75. The fourth-order valence-electron chi connectivity index (χ4n) is 4.06. The van der Waals surface area contributed by atoms with Crippen LogP contribution in [0.25, 0.3) is 11.4 Å². The number of nitrogens with zero attached hydrogens (tertiary/aromatic N) is 4. The molecule has 1 aliphatic heterocycles. The molecule has 5 unspecified atom stereocenters. The summed E-state index contributed by atoms with van der Waals surface area (Å²) in [6.45, 7) is 3.02. The Morgan fingerprint density at radius 1 is 1.17 bits per heavy atom. The lowest BCUT2D eigenvalue weighted by atomic mass is 9.96. The molecule has 1 fully saturated rings. The van der Waals surface area contributed by atoms with E-state index in [1.54, 1.807) is 0 Å². The van der Waals surface area contributed by atoms with Gasteiger partial charge in [-0.05, 0) is 22.0 Å². The fraction of sp³-hybridized carbons (Fsp3) is 0.435. The van der Waals surface area contributed by atoms with Gasteiger partial charge in [0.1, 0.15) is 29.9 Å². The highest BCUT2D eigenvalue weighted by Gasteiger charge is 2.52. The maximum atomic E-state index is 13.3. The van der Waals surface area contributed by atoms with Gasteiger partial charge in [-0.1, -0.05) is 28.3 Å². The second-order valence-corrected chi connectivity index (χ2v) is 11.6. The summed E-state index contributed by atoms with van der Waals surface area (Å²) in [5.41, 5.74) is -1.72. The first-order chi connectivity index (χ1) is 19.7. The fourth-order valence-corrected chi connectivity index (χ4v) is 6.47. The van der Waals surface area contributed by atoms with E-state index in [-0.39, 0.29) is 19.9 Å². The van der Waals surface area contributed by atoms with Crippen LogP contribution in [0.4, 0.5) is 13.2 Å². The van der Waals surface area contributed by atoms with E-state index >= 15 is 0 Å². The molecule has 42 heavy (non-hydrogen) atoms. The van der Waals surface area contributed by atoms with Crippen LogP contribution < -0.4 is 4.87 Å². The van der Waals surface area contributed by atoms with Gasteiger partial charge in [-0.25, -0.2) is 9.67 Å². The molecule has 0 amide bonds. The average Bonchev–Trinajstić information content (AvgIpc) is 3.52. The number of nitrogens with one attached hydrogen (secondary N) is 1. The molecule has 4 rings (SSSR count). The summed E-state index contributed by atoms with van der Waals surface area (Å²) in [5, 5.41) is 9.70. The van der Waals surface area contributed by atoms with E-state index in [1.807, 2.05) is 0 Å². The van der Waals surface area contributed by atoms with E-state index in [1.165, 1.54) is 22.3 Å². The van der Waals surface area contributed by atoms with Crippen molar-refractivity contribution in [1.29, 1.82) is 0 Å². The van der Waals surface area contributed by atoms with Crippen molar-refractivity contribution in [2.45, 2.75) is 61.6 Å². The molecule has 5 atom stereocenters. The Hall–Kier alpha value is -3.29. The molecular formula is C23H21BrF3N5O8S2. The predicted octanol–water partition coefficient (Wildman–Crippen LogP) is 3.36. The van der Waals surface area contributed by atoms with Crippen molar-refractivity contribution < 1.29 is 46.5 Å². The largest absolute Gasteiger partial charge is 0.463 e. The van der Waals surface area contributed by atoms with Crippen LogP contribution in [0.15, 0.2) is 38.0 Å². The van der Waals surface area contributed by atoms with Gasteiger partial charge in [-0.15, -0.1) is 5.10 Å². The molecule has 0 spiro atoms. The van der Waals surface area contributed by atoms with E-state index in [9.17, 15) is 32.3 Å². The number of alkyl halides is 3. The highest BCUT2D eigenvalue weighted by Crippen LogP contribution is 2.43. The number of thiazole rings is 1. The van der Waals surface area contributed by atoms with E-state index < -0.39 is 66.2 Å². The van der Waals surface area contributed by atoms with Crippen molar-refractivity contribution >= 4 is 56.9 Å². The lowest BCUT2D eigenvalue weighted by Crippen LogP contribution is -2.57. The summed E-state index contributed by atoms with van der Waals surface area (Å²) in [4.78, 5) is 53.7. The van der Waals surface area contributed by atoms with Crippen LogP contribution in [0.1, 0.15) is 32.5 Å². The van der Waals surface area contributed by atoms with E-state index in [2.05, 4.69) is 36.2 Å². The molecule has 0 saturated carbocycles. The molecule has 19 heteroatoms. The van der Waals surface area contributed by atoms with Crippen molar-refractivity contribution in [3.8, 4) is 11.4 Å². The van der Waals surface area contributed by atoms with E-state index in [4.69, 9.17) is 18.9 Å². The number of carbonyl (C=O) groups excluding carboxylic acids is 3. The molecule has 0 bridgehead atoms. The Balaban J connectivity index is 1.79. The maximum absolute atomic E-state index is 13.3. The summed E-state index contributed by atoms with van der Waals surface area (Å²) < 4.78 is 63.1. The number of ether oxygens (including phenoxy) is 4. The second kappa shape index (κ2) is 12.9. The summed E-state index contributed by atoms with van der Waals surface area (Å²) >= 11 is 4.65. The smallest absolute Gasteiger partial charge is 0.434 e. The molecule has 3 aromatic heterocycles. The van der Waals surface area contributed by atoms with Crippen molar-refractivity contribution in [3.05, 3.63) is 43.7 Å². The third kappa shape index (κ3) is 7.56. The number of thioether (sulfide) groups is 1. The minimum absolute atomic E-state index is 0.197. The molecule has 1 N–H and O–H groups in total. The van der Waals surface area contributed by atoms with Crippen LogP contribution in [-0.2, 0) is 39.5 Å². The van der Waals surface area contributed by atoms with Crippen LogP contribution in [0.5, 0.6) is 0 Å². The third-order valence-electron chi connectivity index (χ3n) is 5.62. The Morgan fingerprint density at radius 3 is 2.43 bits per heavy atom. The Labute approximate surface area is 251 Å². The minimum Gasteiger partial charge on any atom is -0.463 e. The van der Waals surface area contributed by atoms with Crippen LogP contribution in [-0.4, -0.2) is 73.2 Å². The minimum atomic E-state index is -4.71. The van der Waals surface area contributed by atoms with E-state index in [0.717, 1.165) is 50.1 Å². The molecule has 226 valence electrons. The maximum Gasteiger partial charge on any atom is 0.434 e. The zero-order chi connectivity index (χ0) is 30.8. The Kier molecular flexibility index (Phi) is 9.74. The standard InChI is InChI=1S/C23H21BrF3N5O8S2/c1-9(33)37-7-16-18(38-10(2)34)17(32-6-14(30-31-32)15-8-41-22(36)29-15)19(39-11(3)35)21(40-16)42-12-4-13(24)20(28-5-12)23(25,26)27/h4-6,8,16-19,21H,7H2,1-3H3,(H,29,36). The van der Waals surface area contributed by atoms with Crippen LogP contribution in [0.2, 0.25) is 0 Å². The van der Waals surface area contributed by atoms with Gasteiger partial charge in [-0.3, -0.25) is 19.2 Å². The van der Waals surface area contributed by atoms with Crippen LogP contribution >= 0.6 is 39.0 Å². The Morgan fingerprint density at radius 2 is 1.86 bits per heavy atom. The predicted molar refractivity (Wildman–Crippen MR) is 142 cm³/mol. The van der Waals surface area contributed by atoms with Gasteiger partial charge in [0, 0.05) is 41.7 Å². The van der Waals surface area contributed by atoms with Gasteiger partial charge < -0.3 is 23.9 Å². The molecule has 3 aromatic rings. The molecule has 1 saturated heterocycles. The van der Waals surface area contributed by atoms with Gasteiger partial charge in [0.05, 0.1) is 11.9 Å². The number of pyridine rings is 1. The normalized spacial score (nSPS) is 22.4. The number of hydrogen-bond acceptors (Lipinski definition) is 13. The third-order valence-corrected chi connectivity index (χ3v) is 8.00. The van der Waals surface area contributed by atoms with Gasteiger partial charge in [0.2, 0.25) is 0 Å². The monoisotopic (exact) mass is 695 g/mol. The van der Waals surface area contributed by atoms with Crippen LogP contribution in [0.3, 0.4) is 0 Å². The van der Waals surface area contributed by atoms with E-state index in [0.29, 0.717) is 5.69 Å². The van der Waals surface area contributed by atoms with Gasteiger partial charge >= 0.3 is 29.0 Å². The molecule has 4 heterocycles. The average molecular weight is 696 g/mol. The number of hydrogen-bond donors (Lipinski definition) is 1. The first-order valence-electron chi connectivity index (χ1n) is 11.9. The first kappa shape index (κ1) is 31.6. The lowest BCUT2D eigenvalue weighted by molar-refractivity contribution is -0.212. The highest BCUT2D eigenvalue weighted by atomic mass is 79.9. The van der Waals surface area contributed by atoms with Gasteiger partial charge in [-0.2, -0.15) is 13.2 Å². The topological polar surface area (TPSA) is 165 Å². The number of esters is 3. The van der Waals surface area contributed by atoms with Crippen LogP contribution in [0, 0.1) is 0 Å². The molecule has 0 aliphatic carbocycles. The number of carbonyl (C=O) groups is 3. The van der Waals surface area contributed by atoms with Crippen molar-refractivity contribution in [3.63, 3.8) is 0 Å². The van der Waals surface area contributed by atoms with Crippen molar-refractivity contribution in [1.82, 2.24) is 25.0 Å². The number of H-pyrrole nitrogens is 1. The van der Waals surface area contributed by atoms with Gasteiger partial charge in [0.15, 0.2) is 17.9 Å². The first-order valence-corrected chi connectivity index (χ1v) is 14.4. The SMILES string of the molecule is CC(=O)OCC1OC(Sc2cnc(C(F)(F)F)c(Br)c2)C(OC(C)=O)C(n2cc(-c3csc(=O)[nH]3)nn2)C1OC(C)=O. The number of aromatic amines is 1. The summed E-state index contributed by atoms with van der Waals surface area (Å²) in [6.07, 6.45) is -5.99. The zero-order valence-corrected chi connectivity index (χ0v) is 25.0. The summed E-state index contributed by atoms with van der Waals surface area (Å²) in [7, 11) is 0. The summed E-state index contributed by atoms with van der Waals surface area (Å²) in [6, 6.07) is 0.0331. The molecule has 0 aromatic carbocycles. The molecular weight excluding hydrogens is 675 g/mol. The quantitative estimate of drug-likeness (QED) is 0.270.